The largest absolute Gasteiger partial charge is 0.461 e. The first-order valence-corrected chi connectivity index (χ1v) is 11.1. The number of esters is 1. The molecule has 0 heterocycles. The van der Waals surface area contributed by atoms with Crippen LogP contribution >= 0.6 is 11.1 Å². The highest BCUT2D eigenvalue weighted by Crippen LogP contribution is 2.20. The first kappa shape index (κ1) is 17.6. The number of para-hydroxylation sites is 1. The van der Waals surface area contributed by atoms with Gasteiger partial charge in [-0.05, 0) is 18.5 Å². The average molecular weight is 330 g/mol. The van der Waals surface area contributed by atoms with Crippen molar-refractivity contribution in [1.29, 1.82) is 0 Å². The van der Waals surface area contributed by atoms with Gasteiger partial charge >= 0.3 is 5.97 Å². The minimum atomic E-state index is -1.58. The quantitative estimate of drug-likeness (QED) is 0.178. The number of carbonyl (C=O) groups is 1. The molecule has 0 N–H and O–H groups in total. The van der Waals surface area contributed by atoms with E-state index < -0.39 is 12.3 Å². The van der Waals surface area contributed by atoms with E-state index in [0.29, 0.717) is 12.0 Å². The van der Waals surface area contributed by atoms with Gasteiger partial charge in [0.05, 0.1) is 10.5 Å². The summed E-state index contributed by atoms with van der Waals surface area (Å²) < 4.78 is 5.09. The van der Waals surface area contributed by atoms with Crippen molar-refractivity contribution in [2.45, 2.75) is 45.0 Å². The molecule has 0 amide bonds. The topological polar surface area (TPSA) is 69.4 Å². The molecule has 1 aromatic carbocycles. The lowest BCUT2D eigenvalue weighted by molar-refractivity contribution is -0.385. The highest BCUT2D eigenvalue weighted by atomic mass is 35.6. The van der Waals surface area contributed by atoms with E-state index in [4.69, 9.17) is 15.8 Å². The minimum absolute atomic E-state index is 0.0276. The molecule has 5 nitrogen and oxygen atoms in total. The Morgan fingerprint density at radius 2 is 2.00 bits per heavy atom. The summed E-state index contributed by atoms with van der Waals surface area (Å²) in [7, 11) is -1.58. The number of halogens is 1. The molecule has 1 rings (SSSR count). The molecular weight excluding hydrogens is 310 g/mol. The molecule has 1 aromatic rings. The van der Waals surface area contributed by atoms with E-state index in [2.05, 4.69) is 13.1 Å². The van der Waals surface area contributed by atoms with Crippen molar-refractivity contribution in [3.63, 3.8) is 0 Å². The maximum atomic E-state index is 11.6. The van der Waals surface area contributed by atoms with Gasteiger partial charge in [0.2, 0.25) is 0 Å². The van der Waals surface area contributed by atoms with E-state index in [9.17, 15) is 14.9 Å². The van der Waals surface area contributed by atoms with Gasteiger partial charge in [-0.15, -0.1) is 0 Å². The van der Waals surface area contributed by atoms with Crippen molar-refractivity contribution < 1.29 is 14.5 Å². The molecule has 0 aliphatic carbocycles. The van der Waals surface area contributed by atoms with E-state index in [1.807, 2.05) is 0 Å². The normalized spacial score (nSPS) is 11.2. The van der Waals surface area contributed by atoms with Crippen molar-refractivity contribution >= 4 is 30.1 Å². The molecule has 0 radical (unpaired) electrons. The van der Waals surface area contributed by atoms with Crippen molar-refractivity contribution in [2.24, 2.45) is 0 Å². The van der Waals surface area contributed by atoms with Crippen LogP contribution in [-0.4, -0.2) is 18.3 Å². The summed E-state index contributed by atoms with van der Waals surface area (Å²) in [4.78, 5) is 22.0. The van der Waals surface area contributed by atoms with E-state index >= 15 is 0 Å². The smallest absolute Gasteiger partial charge is 0.306 e. The van der Waals surface area contributed by atoms with E-state index in [-0.39, 0.29) is 18.3 Å². The Kier molecular flexibility index (Phi) is 6.84. The number of unbranched alkanes of at least 4 members (excludes halogenated alkanes) is 1. The molecule has 0 saturated carbocycles. The summed E-state index contributed by atoms with van der Waals surface area (Å²) in [5, 5.41) is 10.8. The molecule has 0 aromatic heterocycles. The Morgan fingerprint density at radius 1 is 1.33 bits per heavy atom. The van der Waals surface area contributed by atoms with Crippen LogP contribution in [0.15, 0.2) is 24.3 Å². The molecule has 7 heteroatoms. The van der Waals surface area contributed by atoms with E-state index in [1.54, 1.807) is 18.2 Å². The molecule has 0 bridgehead atoms. The molecule has 0 fully saturated rings. The predicted octanol–water partition coefficient (Wildman–Crippen LogP) is 4.25. The van der Waals surface area contributed by atoms with Crippen molar-refractivity contribution in [1.82, 2.24) is 0 Å². The maximum Gasteiger partial charge on any atom is 0.306 e. The molecular formula is C14H20ClNO4Si. The summed E-state index contributed by atoms with van der Waals surface area (Å²) >= 11 is 6.20. The number of benzene rings is 1. The predicted molar refractivity (Wildman–Crippen MR) is 84.9 cm³/mol. The summed E-state index contributed by atoms with van der Waals surface area (Å²) in [5.74, 6) is -0.331. The fraction of sp³-hybridized carbons (Fsp3) is 0.500. The van der Waals surface area contributed by atoms with Gasteiger partial charge in [-0.3, -0.25) is 14.9 Å². The Bertz CT molecular complexity index is 502. The van der Waals surface area contributed by atoms with E-state index in [1.165, 1.54) is 6.07 Å². The highest BCUT2D eigenvalue weighted by Gasteiger charge is 2.17. The number of hydrogen-bond acceptors (Lipinski definition) is 4. The standard InChI is InChI=1S/C14H20ClNO4Si/c1-21(2,15)10-6-5-9-14(17)20-11-12-7-3-4-8-13(12)16(18)19/h3-4,7-8H,5-6,9-11H2,1-2H3. The Morgan fingerprint density at radius 3 is 2.62 bits per heavy atom. The SMILES string of the molecule is C[Si](C)(Cl)CCCCC(=O)OCc1ccccc1[N+](=O)[O-]. The summed E-state index contributed by atoms with van der Waals surface area (Å²) in [6.07, 6.45) is 1.96. The van der Waals surface area contributed by atoms with Gasteiger partial charge in [-0.1, -0.05) is 31.6 Å². The number of nitro groups is 1. The van der Waals surface area contributed by atoms with Crippen LogP contribution in [0, 0.1) is 10.1 Å². The summed E-state index contributed by atoms with van der Waals surface area (Å²) in [6.45, 7) is 4.08. The molecule has 0 aliphatic rings. The third-order valence-electron chi connectivity index (χ3n) is 2.98. The van der Waals surface area contributed by atoms with Gasteiger partial charge in [0.25, 0.3) is 5.69 Å². The first-order valence-electron chi connectivity index (χ1n) is 6.86. The Hall–Kier alpha value is -1.40. The fourth-order valence-electron chi connectivity index (χ4n) is 1.86. The van der Waals surface area contributed by atoms with Crippen molar-refractivity contribution in [2.75, 3.05) is 0 Å². The number of carbonyl (C=O) groups excluding carboxylic acids is 1. The zero-order chi connectivity index (χ0) is 15.9. The van der Waals surface area contributed by atoms with E-state index in [0.717, 1.165) is 18.9 Å². The second-order valence-electron chi connectivity index (χ2n) is 5.47. The van der Waals surface area contributed by atoms with Crippen LogP contribution < -0.4 is 0 Å². The minimum Gasteiger partial charge on any atom is -0.461 e. The van der Waals surface area contributed by atoms with Crippen LogP contribution in [0.1, 0.15) is 24.8 Å². The van der Waals surface area contributed by atoms with Gasteiger partial charge in [-0.2, -0.15) is 11.1 Å². The average Bonchev–Trinajstić information content (AvgIpc) is 2.40. The van der Waals surface area contributed by atoms with Crippen molar-refractivity contribution in [3.8, 4) is 0 Å². The summed E-state index contributed by atoms with van der Waals surface area (Å²) in [5.41, 5.74) is 0.380. The molecule has 0 aliphatic heterocycles. The lowest BCUT2D eigenvalue weighted by atomic mass is 10.2. The van der Waals surface area contributed by atoms with Crippen LogP contribution in [0.25, 0.3) is 0 Å². The molecule has 0 saturated heterocycles. The van der Waals surface area contributed by atoms with Gasteiger partial charge in [0, 0.05) is 12.5 Å². The fourth-order valence-corrected chi connectivity index (χ4v) is 3.35. The van der Waals surface area contributed by atoms with Crippen LogP contribution in [-0.2, 0) is 16.1 Å². The lowest BCUT2D eigenvalue weighted by Gasteiger charge is -2.11. The number of nitro benzene ring substituents is 1. The van der Waals surface area contributed by atoms with Gasteiger partial charge in [0.1, 0.15) is 14.0 Å². The summed E-state index contributed by atoms with van der Waals surface area (Å²) in [6, 6.07) is 7.22. The molecule has 116 valence electrons. The van der Waals surface area contributed by atoms with Gasteiger partial charge in [0.15, 0.2) is 0 Å². The monoisotopic (exact) mass is 329 g/mol. The lowest BCUT2D eigenvalue weighted by Crippen LogP contribution is -2.15. The van der Waals surface area contributed by atoms with Gasteiger partial charge < -0.3 is 4.74 Å². The van der Waals surface area contributed by atoms with Crippen LogP contribution in [0.3, 0.4) is 0 Å². The number of rotatable bonds is 8. The molecule has 0 atom stereocenters. The van der Waals surface area contributed by atoms with Gasteiger partial charge in [-0.25, -0.2) is 0 Å². The second-order valence-corrected chi connectivity index (χ2v) is 12.5. The number of nitrogens with zero attached hydrogens (tertiary/aromatic N) is 1. The Balaban J connectivity index is 2.35. The number of ether oxygens (including phenoxy) is 1. The number of hydrogen-bond donors (Lipinski definition) is 0. The maximum absolute atomic E-state index is 11.6. The third kappa shape index (κ3) is 7.24. The van der Waals surface area contributed by atoms with Crippen LogP contribution in [0.2, 0.25) is 19.1 Å². The third-order valence-corrected chi connectivity index (χ3v) is 5.09. The van der Waals surface area contributed by atoms with Crippen LogP contribution in [0.5, 0.6) is 0 Å². The van der Waals surface area contributed by atoms with Crippen molar-refractivity contribution in [3.05, 3.63) is 39.9 Å². The second kappa shape index (κ2) is 8.14. The van der Waals surface area contributed by atoms with Crippen LogP contribution in [0.4, 0.5) is 5.69 Å². The first-order chi connectivity index (χ1) is 9.79. The highest BCUT2D eigenvalue weighted by molar-refractivity contribution is 7.19. The molecule has 21 heavy (non-hydrogen) atoms. The molecule has 0 spiro atoms. The Labute approximate surface area is 130 Å². The molecule has 0 unspecified atom stereocenters. The zero-order valence-electron chi connectivity index (χ0n) is 12.3. The zero-order valence-corrected chi connectivity index (χ0v) is 14.1.